The highest BCUT2D eigenvalue weighted by Crippen LogP contribution is 2.17. The standard InChI is InChI=1S/C12H24F3N3/c1-11(2)18(10-12(13,14)15)9-8-17-6-3-4-16-5-7-17/h11,16H,3-10H2,1-2H3. The van der Waals surface area contributed by atoms with E-state index in [0.717, 1.165) is 39.1 Å². The Morgan fingerprint density at radius 2 is 1.94 bits per heavy atom. The van der Waals surface area contributed by atoms with Gasteiger partial charge in [0.15, 0.2) is 0 Å². The van der Waals surface area contributed by atoms with Crippen LogP contribution in [0.4, 0.5) is 13.2 Å². The van der Waals surface area contributed by atoms with Crippen LogP contribution in [0, 0.1) is 0 Å². The summed E-state index contributed by atoms with van der Waals surface area (Å²) in [6.45, 7) is 7.87. The van der Waals surface area contributed by atoms with Crippen LogP contribution in [0.3, 0.4) is 0 Å². The fraction of sp³-hybridized carbons (Fsp3) is 1.00. The van der Waals surface area contributed by atoms with Crippen LogP contribution in [0.5, 0.6) is 0 Å². The molecule has 0 bridgehead atoms. The number of nitrogens with one attached hydrogen (secondary N) is 1. The molecule has 1 aliphatic rings. The van der Waals surface area contributed by atoms with Crippen LogP contribution in [0.1, 0.15) is 20.3 Å². The van der Waals surface area contributed by atoms with Gasteiger partial charge in [0.05, 0.1) is 6.54 Å². The van der Waals surface area contributed by atoms with E-state index in [1.54, 1.807) is 0 Å². The first-order valence-corrected chi connectivity index (χ1v) is 6.62. The predicted octanol–water partition coefficient (Wildman–Crippen LogP) is 1.55. The van der Waals surface area contributed by atoms with Crippen LogP contribution in [-0.2, 0) is 0 Å². The van der Waals surface area contributed by atoms with Crippen molar-refractivity contribution in [3.63, 3.8) is 0 Å². The number of hydrogen-bond acceptors (Lipinski definition) is 3. The molecule has 1 aliphatic heterocycles. The van der Waals surface area contributed by atoms with Crippen molar-refractivity contribution < 1.29 is 13.2 Å². The maximum absolute atomic E-state index is 12.4. The lowest BCUT2D eigenvalue weighted by molar-refractivity contribution is -0.150. The highest BCUT2D eigenvalue weighted by atomic mass is 19.4. The summed E-state index contributed by atoms with van der Waals surface area (Å²) in [6, 6.07) is -0.0725. The molecule has 1 heterocycles. The maximum atomic E-state index is 12.4. The molecule has 0 aromatic rings. The molecule has 0 unspecified atom stereocenters. The molecular formula is C12H24F3N3. The van der Waals surface area contributed by atoms with Gasteiger partial charge in [0.2, 0.25) is 0 Å². The van der Waals surface area contributed by atoms with Crippen molar-refractivity contribution in [1.29, 1.82) is 0 Å². The van der Waals surface area contributed by atoms with Gasteiger partial charge in [-0.05, 0) is 33.4 Å². The van der Waals surface area contributed by atoms with Gasteiger partial charge in [-0.1, -0.05) is 0 Å². The van der Waals surface area contributed by atoms with E-state index in [9.17, 15) is 13.2 Å². The molecule has 0 amide bonds. The first-order chi connectivity index (χ1) is 8.38. The average molecular weight is 267 g/mol. The molecule has 6 heteroatoms. The van der Waals surface area contributed by atoms with Crippen molar-refractivity contribution in [3.05, 3.63) is 0 Å². The van der Waals surface area contributed by atoms with Crippen molar-refractivity contribution in [2.24, 2.45) is 0 Å². The van der Waals surface area contributed by atoms with E-state index < -0.39 is 12.7 Å². The number of nitrogens with zero attached hydrogens (tertiary/aromatic N) is 2. The van der Waals surface area contributed by atoms with Gasteiger partial charge in [0.1, 0.15) is 0 Å². The van der Waals surface area contributed by atoms with E-state index in [2.05, 4.69) is 10.2 Å². The normalized spacial score (nSPS) is 19.5. The number of alkyl halides is 3. The monoisotopic (exact) mass is 267 g/mol. The lowest BCUT2D eigenvalue weighted by Gasteiger charge is -2.30. The summed E-state index contributed by atoms with van der Waals surface area (Å²) in [4.78, 5) is 3.74. The molecule has 18 heavy (non-hydrogen) atoms. The SMILES string of the molecule is CC(C)N(CCN1CCCNCC1)CC(F)(F)F. The summed E-state index contributed by atoms with van der Waals surface area (Å²) in [5, 5.41) is 3.29. The van der Waals surface area contributed by atoms with Gasteiger partial charge in [-0.3, -0.25) is 4.90 Å². The third kappa shape index (κ3) is 6.56. The largest absolute Gasteiger partial charge is 0.401 e. The molecule has 0 aromatic carbocycles. The van der Waals surface area contributed by atoms with Crippen LogP contribution in [0.2, 0.25) is 0 Å². The van der Waals surface area contributed by atoms with E-state index in [-0.39, 0.29) is 6.04 Å². The zero-order valence-electron chi connectivity index (χ0n) is 11.3. The predicted molar refractivity (Wildman–Crippen MR) is 66.7 cm³/mol. The lowest BCUT2D eigenvalue weighted by Crippen LogP contribution is -2.44. The smallest absolute Gasteiger partial charge is 0.315 e. The second-order valence-electron chi connectivity index (χ2n) is 5.12. The van der Waals surface area contributed by atoms with Gasteiger partial charge in [-0.2, -0.15) is 13.2 Å². The zero-order chi connectivity index (χ0) is 13.6. The highest BCUT2D eigenvalue weighted by Gasteiger charge is 2.31. The summed E-state index contributed by atoms with van der Waals surface area (Å²) in [5.74, 6) is 0. The molecule has 1 rings (SSSR count). The quantitative estimate of drug-likeness (QED) is 0.815. The van der Waals surface area contributed by atoms with Gasteiger partial charge in [0.25, 0.3) is 0 Å². The molecule has 0 aliphatic carbocycles. The van der Waals surface area contributed by atoms with Gasteiger partial charge >= 0.3 is 6.18 Å². The minimum atomic E-state index is -4.11. The summed E-state index contributed by atoms with van der Waals surface area (Å²) in [7, 11) is 0. The Labute approximate surface area is 107 Å². The van der Waals surface area contributed by atoms with Gasteiger partial charge in [0, 0.05) is 32.2 Å². The topological polar surface area (TPSA) is 18.5 Å². The molecule has 0 aromatic heterocycles. The third-order valence-corrected chi connectivity index (χ3v) is 3.25. The molecule has 1 saturated heterocycles. The molecule has 0 radical (unpaired) electrons. The van der Waals surface area contributed by atoms with Crippen LogP contribution in [0.15, 0.2) is 0 Å². The molecule has 0 atom stereocenters. The number of hydrogen-bond donors (Lipinski definition) is 1. The molecule has 1 fully saturated rings. The third-order valence-electron chi connectivity index (χ3n) is 3.25. The van der Waals surface area contributed by atoms with E-state index in [1.165, 1.54) is 4.90 Å². The molecule has 3 nitrogen and oxygen atoms in total. The molecule has 0 saturated carbocycles. The van der Waals surface area contributed by atoms with Gasteiger partial charge in [-0.25, -0.2) is 0 Å². The van der Waals surface area contributed by atoms with Gasteiger partial charge in [-0.15, -0.1) is 0 Å². The highest BCUT2D eigenvalue weighted by molar-refractivity contribution is 4.72. The molecule has 0 spiro atoms. The van der Waals surface area contributed by atoms with E-state index in [0.29, 0.717) is 6.54 Å². The number of rotatable bonds is 5. The molecule has 1 N–H and O–H groups in total. The Morgan fingerprint density at radius 1 is 1.22 bits per heavy atom. The summed E-state index contributed by atoms with van der Waals surface area (Å²) in [6.07, 6.45) is -3.04. The summed E-state index contributed by atoms with van der Waals surface area (Å²) < 4.78 is 37.3. The second kappa shape index (κ2) is 7.31. The van der Waals surface area contributed by atoms with E-state index in [1.807, 2.05) is 13.8 Å². The van der Waals surface area contributed by atoms with Gasteiger partial charge < -0.3 is 10.2 Å². The van der Waals surface area contributed by atoms with Crippen LogP contribution < -0.4 is 5.32 Å². The van der Waals surface area contributed by atoms with Crippen molar-refractivity contribution in [2.75, 3.05) is 45.8 Å². The van der Waals surface area contributed by atoms with E-state index >= 15 is 0 Å². The lowest BCUT2D eigenvalue weighted by atomic mass is 10.3. The first kappa shape index (κ1) is 15.7. The van der Waals surface area contributed by atoms with Crippen molar-refractivity contribution in [3.8, 4) is 0 Å². The van der Waals surface area contributed by atoms with Crippen molar-refractivity contribution in [1.82, 2.24) is 15.1 Å². The van der Waals surface area contributed by atoms with E-state index in [4.69, 9.17) is 0 Å². The average Bonchev–Trinajstić information content (AvgIpc) is 2.50. The Kier molecular flexibility index (Phi) is 6.38. The maximum Gasteiger partial charge on any atom is 0.401 e. The van der Waals surface area contributed by atoms with Crippen molar-refractivity contribution in [2.45, 2.75) is 32.5 Å². The van der Waals surface area contributed by atoms with Crippen LogP contribution >= 0.6 is 0 Å². The Balaban J connectivity index is 2.36. The second-order valence-corrected chi connectivity index (χ2v) is 5.12. The fourth-order valence-corrected chi connectivity index (χ4v) is 2.15. The molecular weight excluding hydrogens is 243 g/mol. The van der Waals surface area contributed by atoms with Crippen LogP contribution in [-0.4, -0.2) is 67.8 Å². The zero-order valence-corrected chi connectivity index (χ0v) is 11.3. The summed E-state index contributed by atoms with van der Waals surface area (Å²) >= 11 is 0. The number of halogens is 3. The minimum absolute atomic E-state index is 0.0725. The fourth-order valence-electron chi connectivity index (χ4n) is 2.15. The van der Waals surface area contributed by atoms with Crippen LogP contribution in [0.25, 0.3) is 0 Å². The Morgan fingerprint density at radius 3 is 2.56 bits per heavy atom. The summed E-state index contributed by atoms with van der Waals surface area (Å²) in [5.41, 5.74) is 0. The Bertz CT molecular complexity index is 223. The Hall–Kier alpha value is -0.330. The minimum Gasteiger partial charge on any atom is -0.315 e. The molecule has 108 valence electrons. The van der Waals surface area contributed by atoms with Crippen molar-refractivity contribution >= 4 is 0 Å². The first-order valence-electron chi connectivity index (χ1n) is 6.62.